The standard InChI is InChI=1S/C19H22O2/c1-16(20)9-7-8-14-21-19-13-6-5-12-18(19)15-17-10-3-2-4-11-17/h2-6,10-13H,7-9,14-15H2,1H3. The number of carbonyl (C=O) groups is 1. The topological polar surface area (TPSA) is 26.3 Å². The van der Waals surface area contributed by atoms with E-state index in [1.54, 1.807) is 6.92 Å². The van der Waals surface area contributed by atoms with Gasteiger partial charge in [0.25, 0.3) is 0 Å². The average Bonchev–Trinajstić information content (AvgIpc) is 2.49. The summed E-state index contributed by atoms with van der Waals surface area (Å²) in [4.78, 5) is 10.9. The highest BCUT2D eigenvalue weighted by Crippen LogP contribution is 2.21. The third kappa shape index (κ3) is 5.42. The lowest BCUT2D eigenvalue weighted by molar-refractivity contribution is -0.117. The van der Waals surface area contributed by atoms with Crippen LogP contribution in [0.15, 0.2) is 54.6 Å². The summed E-state index contributed by atoms with van der Waals surface area (Å²) < 4.78 is 5.88. The molecule has 0 aliphatic heterocycles. The summed E-state index contributed by atoms with van der Waals surface area (Å²) in [6.45, 7) is 2.30. The second kappa shape index (κ2) is 8.25. The fraction of sp³-hybridized carbons (Fsp3) is 0.316. The van der Waals surface area contributed by atoms with E-state index >= 15 is 0 Å². The molecule has 0 N–H and O–H groups in total. The number of carbonyl (C=O) groups excluding carboxylic acids is 1. The first-order valence-electron chi connectivity index (χ1n) is 7.50. The lowest BCUT2D eigenvalue weighted by atomic mass is 10.0. The molecule has 2 nitrogen and oxygen atoms in total. The summed E-state index contributed by atoms with van der Waals surface area (Å²) in [7, 11) is 0. The Balaban J connectivity index is 1.89. The molecule has 110 valence electrons. The number of Topliss-reactive ketones (excluding diaryl/α,β-unsaturated/α-hetero) is 1. The Hall–Kier alpha value is -2.09. The van der Waals surface area contributed by atoms with Gasteiger partial charge in [-0.1, -0.05) is 48.5 Å². The van der Waals surface area contributed by atoms with Crippen molar-refractivity contribution < 1.29 is 9.53 Å². The third-order valence-electron chi connectivity index (χ3n) is 3.39. The van der Waals surface area contributed by atoms with Crippen molar-refractivity contribution in [1.29, 1.82) is 0 Å². The van der Waals surface area contributed by atoms with E-state index < -0.39 is 0 Å². The predicted octanol–water partition coefficient (Wildman–Crippen LogP) is 4.42. The highest BCUT2D eigenvalue weighted by atomic mass is 16.5. The summed E-state index contributed by atoms with van der Waals surface area (Å²) in [6, 6.07) is 18.6. The smallest absolute Gasteiger partial charge is 0.129 e. The lowest BCUT2D eigenvalue weighted by Crippen LogP contribution is -2.01. The molecule has 0 unspecified atom stereocenters. The maximum atomic E-state index is 10.9. The summed E-state index contributed by atoms with van der Waals surface area (Å²) in [6.07, 6.45) is 3.34. The molecule has 0 saturated heterocycles. The van der Waals surface area contributed by atoms with E-state index in [0.717, 1.165) is 25.0 Å². The molecule has 2 aromatic carbocycles. The van der Waals surface area contributed by atoms with E-state index in [4.69, 9.17) is 4.74 Å². The Morgan fingerprint density at radius 2 is 1.67 bits per heavy atom. The quantitative estimate of drug-likeness (QED) is 0.670. The van der Waals surface area contributed by atoms with Crippen molar-refractivity contribution in [3.63, 3.8) is 0 Å². The van der Waals surface area contributed by atoms with Crippen LogP contribution in [0.3, 0.4) is 0 Å². The number of hydrogen-bond donors (Lipinski definition) is 0. The van der Waals surface area contributed by atoms with Crippen molar-refractivity contribution in [3.8, 4) is 5.75 Å². The number of para-hydroxylation sites is 1. The monoisotopic (exact) mass is 282 g/mol. The van der Waals surface area contributed by atoms with Gasteiger partial charge in [0, 0.05) is 12.8 Å². The van der Waals surface area contributed by atoms with Crippen LogP contribution in [-0.4, -0.2) is 12.4 Å². The molecule has 0 bridgehead atoms. The average molecular weight is 282 g/mol. The number of ketones is 1. The summed E-state index contributed by atoms with van der Waals surface area (Å²) in [5, 5.41) is 0. The molecule has 0 heterocycles. The zero-order chi connectivity index (χ0) is 14.9. The Bertz CT molecular complexity index is 561. The molecular weight excluding hydrogens is 260 g/mol. The Kier molecular flexibility index (Phi) is 6.01. The van der Waals surface area contributed by atoms with Gasteiger partial charge in [0.15, 0.2) is 0 Å². The first-order chi connectivity index (χ1) is 10.3. The van der Waals surface area contributed by atoms with Crippen molar-refractivity contribution >= 4 is 5.78 Å². The van der Waals surface area contributed by atoms with Crippen molar-refractivity contribution in [1.82, 2.24) is 0 Å². The van der Waals surface area contributed by atoms with Crippen LogP contribution in [0.5, 0.6) is 5.75 Å². The second-order valence-corrected chi connectivity index (χ2v) is 5.28. The molecule has 0 atom stereocenters. The summed E-state index contributed by atoms with van der Waals surface area (Å²) in [5.74, 6) is 1.20. The minimum atomic E-state index is 0.250. The Morgan fingerprint density at radius 3 is 2.43 bits per heavy atom. The molecule has 21 heavy (non-hydrogen) atoms. The minimum absolute atomic E-state index is 0.250. The van der Waals surface area contributed by atoms with Gasteiger partial charge in [0.1, 0.15) is 11.5 Å². The number of rotatable bonds is 8. The lowest BCUT2D eigenvalue weighted by Gasteiger charge is -2.11. The first kappa shape index (κ1) is 15.3. The molecule has 0 spiro atoms. The molecule has 0 aliphatic carbocycles. The van der Waals surface area contributed by atoms with Crippen molar-refractivity contribution in [2.24, 2.45) is 0 Å². The van der Waals surface area contributed by atoms with E-state index in [1.807, 2.05) is 24.3 Å². The van der Waals surface area contributed by atoms with Crippen LogP contribution in [0.1, 0.15) is 37.3 Å². The molecule has 2 aromatic rings. The SMILES string of the molecule is CC(=O)CCCCOc1ccccc1Cc1ccccc1. The number of hydrogen-bond acceptors (Lipinski definition) is 2. The van der Waals surface area contributed by atoms with E-state index in [-0.39, 0.29) is 5.78 Å². The van der Waals surface area contributed by atoms with Gasteiger partial charge in [-0.25, -0.2) is 0 Å². The molecule has 0 aliphatic rings. The van der Waals surface area contributed by atoms with Gasteiger partial charge in [-0.15, -0.1) is 0 Å². The molecule has 0 aromatic heterocycles. The fourth-order valence-corrected chi connectivity index (χ4v) is 2.26. The van der Waals surface area contributed by atoms with E-state index in [2.05, 4.69) is 30.3 Å². The first-order valence-corrected chi connectivity index (χ1v) is 7.50. The normalized spacial score (nSPS) is 10.3. The van der Waals surface area contributed by atoms with Crippen LogP contribution in [0.2, 0.25) is 0 Å². The predicted molar refractivity (Wildman–Crippen MR) is 85.7 cm³/mol. The minimum Gasteiger partial charge on any atom is -0.493 e. The van der Waals surface area contributed by atoms with Crippen LogP contribution in [-0.2, 0) is 11.2 Å². The van der Waals surface area contributed by atoms with Gasteiger partial charge in [-0.2, -0.15) is 0 Å². The Labute approximate surface area is 126 Å². The highest BCUT2D eigenvalue weighted by molar-refractivity contribution is 5.75. The Morgan fingerprint density at radius 1 is 0.952 bits per heavy atom. The van der Waals surface area contributed by atoms with Crippen LogP contribution in [0.4, 0.5) is 0 Å². The molecular formula is C19H22O2. The van der Waals surface area contributed by atoms with Gasteiger partial charge in [-0.05, 0) is 37.0 Å². The molecule has 2 rings (SSSR count). The van der Waals surface area contributed by atoms with Crippen molar-refractivity contribution in [3.05, 3.63) is 65.7 Å². The van der Waals surface area contributed by atoms with Gasteiger partial charge in [0.05, 0.1) is 6.61 Å². The second-order valence-electron chi connectivity index (χ2n) is 5.28. The van der Waals surface area contributed by atoms with Crippen molar-refractivity contribution in [2.45, 2.75) is 32.6 Å². The van der Waals surface area contributed by atoms with Gasteiger partial charge in [-0.3, -0.25) is 0 Å². The maximum Gasteiger partial charge on any atom is 0.129 e. The zero-order valence-corrected chi connectivity index (χ0v) is 12.5. The summed E-state index contributed by atoms with van der Waals surface area (Å²) in [5.41, 5.74) is 2.49. The molecule has 0 radical (unpaired) electrons. The van der Waals surface area contributed by atoms with E-state index in [9.17, 15) is 4.79 Å². The number of benzene rings is 2. The van der Waals surface area contributed by atoms with E-state index in [0.29, 0.717) is 13.0 Å². The maximum absolute atomic E-state index is 10.9. The molecule has 2 heteroatoms. The number of unbranched alkanes of at least 4 members (excludes halogenated alkanes) is 1. The van der Waals surface area contributed by atoms with Gasteiger partial charge in [0.2, 0.25) is 0 Å². The van der Waals surface area contributed by atoms with Crippen molar-refractivity contribution in [2.75, 3.05) is 6.61 Å². The molecule has 0 fully saturated rings. The van der Waals surface area contributed by atoms with Crippen LogP contribution in [0.25, 0.3) is 0 Å². The van der Waals surface area contributed by atoms with Crippen LogP contribution < -0.4 is 4.74 Å². The van der Waals surface area contributed by atoms with Gasteiger partial charge < -0.3 is 9.53 Å². The largest absolute Gasteiger partial charge is 0.493 e. The highest BCUT2D eigenvalue weighted by Gasteiger charge is 2.04. The fourth-order valence-electron chi connectivity index (χ4n) is 2.26. The summed E-state index contributed by atoms with van der Waals surface area (Å²) >= 11 is 0. The number of ether oxygens (including phenoxy) is 1. The van der Waals surface area contributed by atoms with Crippen LogP contribution >= 0.6 is 0 Å². The third-order valence-corrected chi connectivity index (χ3v) is 3.39. The zero-order valence-electron chi connectivity index (χ0n) is 12.5. The van der Waals surface area contributed by atoms with Gasteiger partial charge >= 0.3 is 0 Å². The molecule has 0 amide bonds. The molecule has 0 saturated carbocycles. The van der Waals surface area contributed by atoms with Crippen LogP contribution in [0, 0.1) is 0 Å². The van der Waals surface area contributed by atoms with E-state index in [1.165, 1.54) is 11.1 Å².